The quantitative estimate of drug-likeness (QED) is 0.632. The molecule has 0 spiro atoms. The van der Waals surface area contributed by atoms with Crippen LogP contribution < -0.4 is 0 Å². The lowest BCUT2D eigenvalue weighted by Crippen LogP contribution is -2.31. The molecule has 25 heavy (non-hydrogen) atoms. The minimum atomic E-state index is -0.724. The lowest BCUT2D eigenvalue weighted by Gasteiger charge is -2.27. The molecule has 3 rings (SSSR count). The van der Waals surface area contributed by atoms with Gasteiger partial charge >= 0.3 is 0 Å². The van der Waals surface area contributed by atoms with Crippen LogP contribution in [-0.2, 0) is 18.4 Å². The number of hydrogen-bond acceptors (Lipinski definition) is 3. The molecule has 0 N–H and O–H groups in total. The molecule has 1 aromatic heterocycles. The van der Waals surface area contributed by atoms with E-state index in [0.717, 1.165) is 17.5 Å². The van der Waals surface area contributed by atoms with Gasteiger partial charge < -0.3 is 0 Å². The molecule has 0 fully saturated rings. The average Bonchev–Trinajstić information content (AvgIpc) is 3.13. The summed E-state index contributed by atoms with van der Waals surface area (Å²) >= 11 is 12.0. The summed E-state index contributed by atoms with van der Waals surface area (Å²) in [4.78, 5) is 3.98. The first-order valence-electron chi connectivity index (χ1n) is 7.85. The Labute approximate surface area is 156 Å². The molecule has 4 nitrogen and oxygen atoms in total. The third kappa shape index (κ3) is 4.19. The molecule has 1 unspecified atom stereocenters. The normalized spacial score (nSPS) is 13.2. The van der Waals surface area contributed by atoms with E-state index in [1.54, 1.807) is 11.0 Å². The number of aromatic nitrogens is 3. The van der Waals surface area contributed by atoms with E-state index in [0.29, 0.717) is 23.0 Å². The van der Waals surface area contributed by atoms with Crippen molar-refractivity contribution < 1.29 is 0 Å². The number of benzene rings is 2. The summed E-state index contributed by atoms with van der Waals surface area (Å²) in [7, 11) is 0. The van der Waals surface area contributed by atoms with Crippen LogP contribution in [0.1, 0.15) is 17.5 Å². The van der Waals surface area contributed by atoms with Crippen molar-refractivity contribution in [3.05, 3.63) is 82.4 Å². The van der Waals surface area contributed by atoms with Gasteiger partial charge in [-0.15, -0.1) is 0 Å². The highest BCUT2D eigenvalue weighted by atomic mass is 35.5. The Morgan fingerprint density at radius 3 is 2.20 bits per heavy atom. The Kier molecular flexibility index (Phi) is 5.37. The highest BCUT2D eigenvalue weighted by molar-refractivity contribution is 6.30. The Morgan fingerprint density at radius 1 is 1.00 bits per heavy atom. The molecule has 0 bridgehead atoms. The Balaban J connectivity index is 1.91. The van der Waals surface area contributed by atoms with Crippen LogP contribution in [0.5, 0.6) is 0 Å². The summed E-state index contributed by atoms with van der Waals surface area (Å²) in [6.07, 6.45) is 4.50. The van der Waals surface area contributed by atoms with E-state index in [2.05, 4.69) is 16.2 Å². The molecule has 6 heteroatoms. The summed E-state index contributed by atoms with van der Waals surface area (Å²) in [5, 5.41) is 15.6. The minimum Gasteiger partial charge on any atom is -0.251 e. The number of nitrogens with zero attached hydrogens (tertiary/aromatic N) is 4. The highest BCUT2D eigenvalue weighted by Crippen LogP contribution is 2.32. The van der Waals surface area contributed by atoms with Crippen LogP contribution in [0, 0.1) is 11.3 Å². The van der Waals surface area contributed by atoms with E-state index in [1.165, 1.54) is 6.33 Å². The summed E-state index contributed by atoms with van der Waals surface area (Å²) in [5.74, 6) is 0. The monoisotopic (exact) mass is 370 g/mol. The van der Waals surface area contributed by atoms with E-state index in [4.69, 9.17) is 23.2 Å². The average molecular weight is 371 g/mol. The van der Waals surface area contributed by atoms with Gasteiger partial charge in [-0.1, -0.05) is 47.5 Å². The van der Waals surface area contributed by atoms with Gasteiger partial charge in [0.05, 0.1) is 12.6 Å². The van der Waals surface area contributed by atoms with E-state index in [1.807, 2.05) is 48.5 Å². The van der Waals surface area contributed by atoms with Crippen LogP contribution in [0.4, 0.5) is 0 Å². The van der Waals surface area contributed by atoms with Gasteiger partial charge in [-0.05, 0) is 48.2 Å². The van der Waals surface area contributed by atoms with Gasteiger partial charge in [0.25, 0.3) is 0 Å². The van der Waals surface area contributed by atoms with Gasteiger partial charge in [0.1, 0.15) is 18.1 Å². The SMILES string of the molecule is N#CC(CCc1ccc(Cl)cc1)(Cn1cncn1)c1ccc(Cl)cc1. The predicted molar refractivity (Wildman–Crippen MR) is 98.5 cm³/mol. The molecule has 0 saturated carbocycles. The van der Waals surface area contributed by atoms with Crippen molar-refractivity contribution in [3.8, 4) is 6.07 Å². The Morgan fingerprint density at radius 2 is 1.64 bits per heavy atom. The van der Waals surface area contributed by atoms with Gasteiger partial charge in [0.15, 0.2) is 0 Å². The van der Waals surface area contributed by atoms with E-state index < -0.39 is 5.41 Å². The number of aryl methyl sites for hydroxylation is 1. The third-order valence-corrected chi connectivity index (χ3v) is 4.77. The van der Waals surface area contributed by atoms with Crippen molar-refractivity contribution in [1.29, 1.82) is 5.26 Å². The lowest BCUT2D eigenvalue weighted by molar-refractivity contribution is 0.402. The minimum absolute atomic E-state index is 0.429. The molecule has 3 aromatic rings. The standard InChI is InChI=1S/C19H16Cl2N4/c20-17-5-1-15(2-6-17)9-10-19(11-22,12-25-14-23-13-24-25)16-3-7-18(21)8-4-16/h1-8,13-14H,9-10,12H2. The molecule has 126 valence electrons. The third-order valence-electron chi connectivity index (χ3n) is 4.26. The summed E-state index contributed by atoms with van der Waals surface area (Å²) in [5.41, 5.74) is 1.33. The van der Waals surface area contributed by atoms with Crippen molar-refractivity contribution in [3.63, 3.8) is 0 Å². The lowest BCUT2D eigenvalue weighted by atomic mass is 9.77. The molecule has 0 radical (unpaired) electrons. The van der Waals surface area contributed by atoms with E-state index in [9.17, 15) is 5.26 Å². The fraction of sp³-hybridized carbons (Fsp3) is 0.211. The molecule has 0 saturated heterocycles. The largest absolute Gasteiger partial charge is 0.251 e. The maximum Gasteiger partial charge on any atom is 0.137 e. The summed E-state index contributed by atoms with van der Waals surface area (Å²) in [6, 6.07) is 17.7. The van der Waals surface area contributed by atoms with Gasteiger partial charge in [-0.3, -0.25) is 4.68 Å². The zero-order valence-electron chi connectivity index (χ0n) is 13.4. The van der Waals surface area contributed by atoms with Crippen molar-refractivity contribution in [2.45, 2.75) is 24.8 Å². The Hall–Kier alpha value is -2.35. The Bertz CT molecular complexity index is 852. The van der Waals surface area contributed by atoms with Gasteiger partial charge in [0, 0.05) is 10.0 Å². The summed E-state index contributed by atoms with van der Waals surface area (Å²) < 4.78 is 1.69. The number of hydrogen-bond donors (Lipinski definition) is 0. The molecule has 1 atom stereocenters. The zero-order chi connectivity index (χ0) is 17.7. The second-order valence-corrected chi connectivity index (χ2v) is 6.79. The van der Waals surface area contributed by atoms with Crippen LogP contribution in [-0.4, -0.2) is 14.8 Å². The molecular weight excluding hydrogens is 355 g/mol. The van der Waals surface area contributed by atoms with Crippen molar-refractivity contribution in [2.24, 2.45) is 0 Å². The van der Waals surface area contributed by atoms with Crippen LogP contribution in [0.2, 0.25) is 10.0 Å². The molecular formula is C19H16Cl2N4. The zero-order valence-corrected chi connectivity index (χ0v) is 15.0. The second-order valence-electron chi connectivity index (χ2n) is 5.92. The fourth-order valence-corrected chi connectivity index (χ4v) is 3.09. The van der Waals surface area contributed by atoms with E-state index in [-0.39, 0.29) is 0 Å². The second kappa shape index (κ2) is 7.69. The van der Waals surface area contributed by atoms with Crippen LogP contribution in [0.3, 0.4) is 0 Å². The van der Waals surface area contributed by atoms with Crippen molar-refractivity contribution >= 4 is 23.2 Å². The van der Waals surface area contributed by atoms with Crippen LogP contribution in [0.25, 0.3) is 0 Å². The van der Waals surface area contributed by atoms with Crippen molar-refractivity contribution in [2.75, 3.05) is 0 Å². The molecule has 1 heterocycles. The first kappa shape index (κ1) is 17.5. The molecule has 0 amide bonds. The van der Waals surface area contributed by atoms with Crippen molar-refractivity contribution in [1.82, 2.24) is 14.8 Å². The number of rotatable bonds is 6. The van der Waals surface area contributed by atoms with Crippen LogP contribution >= 0.6 is 23.2 Å². The predicted octanol–water partition coefficient (Wildman–Crippen LogP) is 4.68. The fourth-order valence-electron chi connectivity index (χ4n) is 2.84. The topological polar surface area (TPSA) is 54.5 Å². The van der Waals surface area contributed by atoms with Gasteiger partial charge in [0.2, 0.25) is 0 Å². The maximum atomic E-state index is 10.1. The van der Waals surface area contributed by atoms with Gasteiger partial charge in [-0.2, -0.15) is 10.4 Å². The maximum absolute atomic E-state index is 10.1. The highest BCUT2D eigenvalue weighted by Gasteiger charge is 2.33. The number of nitriles is 1. The summed E-state index contributed by atoms with van der Waals surface area (Å²) in [6.45, 7) is 0.429. The first-order valence-corrected chi connectivity index (χ1v) is 8.61. The van der Waals surface area contributed by atoms with Crippen LogP contribution in [0.15, 0.2) is 61.2 Å². The molecule has 0 aliphatic heterocycles. The molecule has 0 aliphatic rings. The van der Waals surface area contributed by atoms with E-state index >= 15 is 0 Å². The van der Waals surface area contributed by atoms with Gasteiger partial charge in [-0.25, -0.2) is 4.98 Å². The smallest absolute Gasteiger partial charge is 0.137 e. The number of halogens is 2. The molecule has 0 aliphatic carbocycles. The first-order chi connectivity index (χ1) is 12.1. The molecule has 2 aromatic carbocycles.